The van der Waals surface area contributed by atoms with Gasteiger partial charge in [-0.15, -0.1) is 0 Å². The van der Waals surface area contributed by atoms with Crippen molar-refractivity contribution in [2.24, 2.45) is 0 Å². The Morgan fingerprint density at radius 2 is 2.56 bits per heavy atom. The van der Waals surface area contributed by atoms with E-state index in [2.05, 4.69) is 5.32 Å². The van der Waals surface area contributed by atoms with Gasteiger partial charge in [-0.05, 0) is 0 Å². The van der Waals surface area contributed by atoms with Crippen LogP contribution in [-0.4, -0.2) is 17.9 Å². The highest BCUT2D eigenvalue weighted by molar-refractivity contribution is 5.80. The van der Waals surface area contributed by atoms with E-state index in [1.165, 1.54) is 0 Å². The van der Waals surface area contributed by atoms with Crippen LogP contribution in [0.4, 0.5) is 0 Å². The van der Waals surface area contributed by atoms with E-state index in [1.54, 1.807) is 6.08 Å². The number of hydrogen-bond donors (Lipinski definition) is 3. The monoisotopic (exact) mass is 124 g/mol. The minimum absolute atomic E-state index is 0.0903. The van der Waals surface area contributed by atoms with Gasteiger partial charge in [-0.3, -0.25) is 0 Å². The molecule has 0 spiro atoms. The molecule has 0 atom stereocenters. The van der Waals surface area contributed by atoms with Crippen LogP contribution in [0.15, 0.2) is 23.6 Å². The Hall–Kier alpha value is -1.25. The van der Waals surface area contributed by atoms with Gasteiger partial charge >= 0.3 is 0 Å². The van der Waals surface area contributed by atoms with Crippen LogP contribution in [0.1, 0.15) is 0 Å². The molecule has 0 saturated heterocycles. The highest BCUT2D eigenvalue weighted by Gasteiger charge is 2.00. The van der Waals surface area contributed by atoms with Gasteiger partial charge in [0.15, 0.2) is 5.88 Å². The number of rotatable bonds is 1. The third-order valence-electron chi connectivity index (χ3n) is 1.11. The normalized spacial score (nSPS) is 17.3. The van der Waals surface area contributed by atoms with Crippen molar-refractivity contribution in [3.05, 3.63) is 23.6 Å². The van der Waals surface area contributed by atoms with Gasteiger partial charge in [0.05, 0.1) is 5.57 Å². The van der Waals surface area contributed by atoms with Crippen molar-refractivity contribution < 1.29 is 5.11 Å². The Bertz CT molecular complexity index is 181. The number of allylic oxidation sites excluding steroid dienone is 2. The molecule has 0 radical (unpaired) electrons. The summed E-state index contributed by atoms with van der Waals surface area (Å²) in [5.41, 5.74) is 0.529. The molecule has 0 fully saturated rings. The summed E-state index contributed by atoms with van der Waals surface area (Å²) in [5, 5.41) is 18.4. The summed E-state index contributed by atoms with van der Waals surface area (Å²) in [6.45, 7) is 0.642. The first kappa shape index (κ1) is 5.88. The zero-order chi connectivity index (χ0) is 6.69. The van der Waals surface area contributed by atoms with Crippen LogP contribution in [0.3, 0.4) is 0 Å². The number of hydrogen-bond acceptors (Lipinski definition) is 3. The van der Waals surface area contributed by atoms with Gasteiger partial charge < -0.3 is 15.8 Å². The fraction of sp³-hybridized carbons (Fsp3) is 0.167. The fourth-order valence-corrected chi connectivity index (χ4v) is 0.639. The Kier molecular flexibility index (Phi) is 1.53. The first-order chi connectivity index (χ1) is 4.34. The summed E-state index contributed by atoms with van der Waals surface area (Å²) in [6, 6.07) is 0. The van der Waals surface area contributed by atoms with Crippen molar-refractivity contribution in [2.45, 2.75) is 0 Å². The van der Waals surface area contributed by atoms with E-state index in [4.69, 9.17) is 10.5 Å². The third-order valence-corrected chi connectivity index (χ3v) is 1.11. The maximum atomic E-state index is 8.93. The molecule has 0 saturated carbocycles. The lowest BCUT2D eigenvalue weighted by atomic mass is 10.2. The van der Waals surface area contributed by atoms with Gasteiger partial charge in [0, 0.05) is 12.8 Å². The van der Waals surface area contributed by atoms with Gasteiger partial charge in [0.25, 0.3) is 0 Å². The molecule has 0 aromatic heterocycles. The van der Waals surface area contributed by atoms with Crippen molar-refractivity contribution in [2.75, 3.05) is 6.54 Å². The fourth-order valence-electron chi connectivity index (χ4n) is 0.639. The Labute approximate surface area is 53.2 Å². The molecule has 3 N–H and O–H groups in total. The van der Waals surface area contributed by atoms with Crippen molar-refractivity contribution in [3.8, 4) is 0 Å². The summed E-state index contributed by atoms with van der Waals surface area (Å²) in [4.78, 5) is 0. The van der Waals surface area contributed by atoms with Crippen molar-refractivity contribution in [1.82, 2.24) is 5.32 Å². The molecule has 3 nitrogen and oxygen atoms in total. The van der Waals surface area contributed by atoms with Gasteiger partial charge in [0.2, 0.25) is 0 Å². The molecule has 0 bridgehead atoms. The summed E-state index contributed by atoms with van der Waals surface area (Å²) in [5.74, 6) is 0.0903. The summed E-state index contributed by atoms with van der Waals surface area (Å²) < 4.78 is 0. The smallest absolute Gasteiger partial charge is 0.193 e. The number of nitrogens with one attached hydrogen (secondary N) is 2. The topological polar surface area (TPSA) is 56.1 Å². The molecule has 1 aliphatic rings. The van der Waals surface area contributed by atoms with Crippen LogP contribution >= 0.6 is 0 Å². The average Bonchev–Trinajstić information content (AvgIpc) is 1.89. The predicted molar refractivity (Wildman–Crippen MR) is 35.6 cm³/mol. The van der Waals surface area contributed by atoms with E-state index in [9.17, 15) is 0 Å². The summed E-state index contributed by atoms with van der Waals surface area (Å²) in [7, 11) is 0. The van der Waals surface area contributed by atoms with Crippen LogP contribution in [-0.2, 0) is 0 Å². The number of dihydropyridines is 1. The lowest BCUT2D eigenvalue weighted by molar-refractivity contribution is 0.366. The average molecular weight is 124 g/mol. The third kappa shape index (κ3) is 1.10. The van der Waals surface area contributed by atoms with Gasteiger partial charge in [-0.25, -0.2) is 0 Å². The molecule has 1 heterocycles. The van der Waals surface area contributed by atoms with E-state index in [-0.39, 0.29) is 5.88 Å². The second-order valence-electron chi connectivity index (χ2n) is 1.73. The Morgan fingerprint density at radius 1 is 1.78 bits per heavy atom. The minimum atomic E-state index is 0.0903. The van der Waals surface area contributed by atoms with Crippen LogP contribution in [0.5, 0.6) is 0 Å². The summed E-state index contributed by atoms with van der Waals surface area (Å²) in [6.07, 6.45) is 4.66. The minimum Gasteiger partial charge on any atom is -0.494 e. The van der Waals surface area contributed by atoms with E-state index >= 15 is 0 Å². The zero-order valence-corrected chi connectivity index (χ0v) is 4.89. The lowest BCUT2D eigenvalue weighted by Gasteiger charge is -2.07. The Morgan fingerprint density at radius 3 is 3.00 bits per heavy atom. The van der Waals surface area contributed by atoms with Crippen molar-refractivity contribution in [1.29, 1.82) is 5.41 Å². The molecule has 48 valence electrons. The molecule has 3 heteroatoms. The highest BCUT2D eigenvalue weighted by atomic mass is 16.3. The van der Waals surface area contributed by atoms with Gasteiger partial charge in [0.1, 0.15) is 0 Å². The first-order valence-electron chi connectivity index (χ1n) is 2.68. The zero-order valence-electron chi connectivity index (χ0n) is 4.89. The molecule has 0 aliphatic carbocycles. The van der Waals surface area contributed by atoms with E-state index in [0.29, 0.717) is 12.1 Å². The predicted octanol–water partition coefficient (Wildman–Crippen LogP) is 0.565. The van der Waals surface area contributed by atoms with Crippen molar-refractivity contribution in [3.63, 3.8) is 0 Å². The van der Waals surface area contributed by atoms with E-state index in [0.717, 1.165) is 6.21 Å². The van der Waals surface area contributed by atoms with E-state index in [1.807, 2.05) is 6.08 Å². The molecule has 0 aromatic rings. The quantitative estimate of drug-likeness (QED) is 0.447. The second kappa shape index (κ2) is 2.35. The van der Waals surface area contributed by atoms with E-state index < -0.39 is 0 Å². The lowest BCUT2D eigenvalue weighted by Crippen LogP contribution is -2.18. The number of aliphatic hydroxyl groups excluding tert-OH is 1. The van der Waals surface area contributed by atoms with Gasteiger partial charge in [-0.2, -0.15) is 0 Å². The maximum absolute atomic E-state index is 8.93. The molecule has 0 unspecified atom stereocenters. The maximum Gasteiger partial charge on any atom is 0.193 e. The van der Waals surface area contributed by atoms with Crippen molar-refractivity contribution >= 4 is 6.21 Å². The molecule has 0 aromatic carbocycles. The molecule has 1 aliphatic heterocycles. The molecule has 1 rings (SSSR count). The van der Waals surface area contributed by atoms with Crippen LogP contribution in [0, 0.1) is 5.41 Å². The summed E-state index contributed by atoms with van der Waals surface area (Å²) >= 11 is 0. The standard InChI is InChI=1S/C6H8N2O/c7-4-5-2-1-3-8-6(5)9/h1-2,4,7-9H,3H2. The molecule has 0 amide bonds. The highest BCUT2D eigenvalue weighted by Crippen LogP contribution is 2.00. The van der Waals surface area contributed by atoms with Crippen LogP contribution in [0.25, 0.3) is 0 Å². The van der Waals surface area contributed by atoms with Gasteiger partial charge in [-0.1, -0.05) is 12.2 Å². The van der Waals surface area contributed by atoms with Crippen LogP contribution in [0.2, 0.25) is 0 Å². The molecule has 9 heavy (non-hydrogen) atoms. The number of aliphatic hydroxyl groups is 1. The molecular formula is C6H8N2O. The second-order valence-corrected chi connectivity index (χ2v) is 1.73. The first-order valence-corrected chi connectivity index (χ1v) is 2.68. The SMILES string of the molecule is N=CC1=C(O)NCC=C1. The Balaban J connectivity index is 2.84. The molecular weight excluding hydrogens is 116 g/mol. The van der Waals surface area contributed by atoms with Crippen LogP contribution < -0.4 is 5.32 Å². The largest absolute Gasteiger partial charge is 0.494 e.